The zero-order chi connectivity index (χ0) is 26.7. The minimum absolute atomic E-state index is 0. The van der Waals surface area contributed by atoms with Crippen LogP contribution in [0.4, 0.5) is 43.9 Å². The molecule has 0 aliphatic heterocycles. The van der Waals surface area contributed by atoms with Crippen molar-refractivity contribution in [3.8, 4) is 12.1 Å². The van der Waals surface area contributed by atoms with Gasteiger partial charge in [0, 0.05) is 39.8 Å². The van der Waals surface area contributed by atoms with Crippen LogP contribution in [-0.2, 0) is 67.0 Å². The third kappa shape index (κ3) is 6.89. The third-order valence-electron chi connectivity index (χ3n) is 3.86. The van der Waals surface area contributed by atoms with E-state index in [2.05, 4.69) is 50.5 Å². The minimum atomic E-state index is -2.27. The van der Waals surface area contributed by atoms with Gasteiger partial charge in [-0.05, 0) is 0 Å². The zero-order valence-corrected chi connectivity index (χ0v) is 20.2. The van der Waals surface area contributed by atoms with Crippen molar-refractivity contribution in [2.45, 2.75) is 21.0 Å². The van der Waals surface area contributed by atoms with Gasteiger partial charge in [-0.3, -0.25) is 0 Å². The second kappa shape index (κ2) is 13.8. The molecule has 0 heterocycles. The van der Waals surface area contributed by atoms with E-state index in [1.165, 1.54) is 12.1 Å². The molecule has 0 spiro atoms. The van der Waals surface area contributed by atoms with E-state index >= 15 is 0 Å². The van der Waals surface area contributed by atoms with Gasteiger partial charge in [0.25, 0.3) is 0 Å². The third-order valence-corrected chi connectivity index (χ3v) is 5.98. The van der Waals surface area contributed by atoms with Crippen molar-refractivity contribution in [3.63, 3.8) is 0 Å². The summed E-state index contributed by atoms with van der Waals surface area (Å²) in [6.07, 6.45) is 0. The predicted octanol–water partition coefficient (Wildman–Crippen LogP) is 4.82. The van der Waals surface area contributed by atoms with E-state index in [0.717, 1.165) is 0 Å². The molecule has 2 aromatic rings. The summed E-state index contributed by atoms with van der Waals surface area (Å²) in [7, 11) is 0. The molecule has 0 aliphatic carbocycles. The van der Waals surface area contributed by atoms with Crippen molar-refractivity contribution in [2.75, 3.05) is 0 Å². The maximum atomic E-state index is 13.2. The fraction of sp³-hybridized carbons (Fsp3) is 0.222. The average Bonchev–Trinajstić information content (AvgIpc) is 2.83. The maximum absolute atomic E-state index is 13.2. The van der Waals surface area contributed by atoms with Gasteiger partial charge in [-0.25, -0.2) is 54.4 Å². The van der Waals surface area contributed by atoms with Crippen LogP contribution in [0.1, 0.15) is 21.6 Å². The Morgan fingerprint density at radius 1 is 0.429 bits per heavy atom. The van der Waals surface area contributed by atoms with Crippen molar-refractivity contribution in [3.05, 3.63) is 69.3 Å². The molecule has 4 atom stereocenters. The van der Waals surface area contributed by atoms with Crippen molar-refractivity contribution in [1.29, 1.82) is 10.5 Å². The summed E-state index contributed by atoms with van der Waals surface area (Å²) in [6.45, 7) is 0. The summed E-state index contributed by atoms with van der Waals surface area (Å²) in [4.78, 5) is 0. The molecule has 0 saturated carbocycles. The van der Waals surface area contributed by atoms with Crippen LogP contribution in [0.5, 0.6) is 0 Å². The Bertz CT molecular complexity index is 1040. The molecular formula is C18H4F10N2NiS4-4. The molecule has 0 radical (unpaired) electrons. The second-order valence-electron chi connectivity index (χ2n) is 5.91. The second-order valence-corrected chi connectivity index (χ2v) is 7.94. The van der Waals surface area contributed by atoms with Gasteiger partial charge >= 0.3 is 0 Å². The molecule has 2 rings (SSSR count). The smallest absolute Gasteiger partial charge is 0.200 e. The van der Waals surface area contributed by atoms with E-state index in [-0.39, 0.29) is 16.5 Å². The van der Waals surface area contributed by atoms with Gasteiger partial charge < -0.3 is 50.5 Å². The fourth-order valence-electron chi connectivity index (χ4n) is 2.18. The Kier molecular flexibility index (Phi) is 13.2. The number of hydrogen-bond donors (Lipinski definition) is 0. The molecule has 2 aromatic carbocycles. The van der Waals surface area contributed by atoms with E-state index in [1.54, 1.807) is 0 Å². The van der Waals surface area contributed by atoms with Crippen LogP contribution in [0.25, 0.3) is 0 Å². The molecule has 194 valence electrons. The first-order valence-electron chi connectivity index (χ1n) is 8.10. The van der Waals surface area contributed by atoms with E-state index in [0.29, 0.717) is 0 Å². The molecule has 2 nitrogen and oxygen atoms in total. The minimum Gasteiger partial charge on any atom is -0.785 e. The van der Waals surface area contributed by atoms with E-state index < -0.39 is 90.3 Å². The number of nitriles is 2. The molecule has 0 aliphatic rings. The van der Waals surface area contributed by atoms with Gasteiger partial charge in [-0.15, -0.1) is 10.5 Å². The largest absolute Gasteiger partial charge is 0.785 e. The number of rotatable bonds is 4. The SMILES string of the molecule is N#CC([S-])C([S-])c1c(F)c(F)c(F)c(F)c1F.N#CC([S-])C([S-])c1c(F)c(F)c(F)c(F)c1F.[Ni]. The zero-order valence-electron chi connectivity index (χ0n) is 15.9. The fourth-order valence-corrected chi connectivity index (χ4v) is 2.99. The molecule has 17 heteroatoms. The van der Waals surface area contributed by atoms with E-state index in [9.17, 15) is 43.9 Å². The summed E-state index contributed by atoms with van der Waals surface area (Å²) >= 11 is 17.9. The van der Waals surface area contributed by atoms with Crippen molar-refractivity contribution >= 4 is 50.5 Å². The molecule has 0 saturated heterocycles. The summed E-state index contributed by atoms with van der Waals surface area (Å²) in [5.74, 6) is -21.2. The normalized spacial score (nSPS) is 13.8. The standard InChI is InChI=1S/2C9H4F5NS2.Ni/c2*10-4-3(9(17)2(16)1-15)5(11)7(13)8(14)6(4)12;/h2*2,9,16-17H;/p-4. The Morgan fingerprint density at radius 2 is 0.600 bits per heavy atom. The molecule has 0 fully saturated rings. The Balaban J connectivity index is 0.000000642. The van der Waals surface area contributed by atoms with Crippen LogP contribution in [0.2, 0.25) is 0 Å². The average molecular weight is 625 g/mol. The van der Waals surface area contributed by atoms with Crippen LogP contribution < -0.4 is 0 Å². The van der Waals surface area contributed by atoms with Gasteiger partial charge in [0.1, 0.15) is 0 Å². The monoisotopic (exact) mass is 624 g/mol. The molecule has 0 amide bonds. The summed E-state index contributed by atoms with van der Waals surface area (Å²) in [5, 5.41) is 10.5. The summed E-state index contributed by atoms with van der Waals surface area (Å²) < 4.78 is 129. The van der Waals surface area contributed by atoms with Crippen LogP contribution in [-0.4, -0.2) is 10.5 Å². The van der Waals surface area contributed by atoms with Crippen LogP contribution in [0.3, 0.4) is 0 Å². The number of benzene rings is 2. The van der Waals surface area contributed by atoms with Gasteiger partial charge in [0.05, 0.1) is 0 Å². The van der Waals surface area contributed by atoms with Gasteiger partial charge in [-0.2, -0.15) is 0 Å². The molecular weight excluding hydrogens is 621 g/mol. The Morgan fingerprint density at radius 3 is 0.771 bits per heavy atom. The van der Waals surface area contributed by atoms with Crippen molar-refractivity contribution in [1.82, 2.24) is 0 Å². The molecule has 35 heavy (non-hydrogen) atoms. The Hall–Kier alpha value is -1.39. The molecule has 0 aromatic heterocycles. The van der Waals surface area contributed by atoms with Gasteiger partial charge in [0.2, 0.25) is 11.6 Å². The van der Waals surface area contributed by atoms with Gasteiger partial charge in [0.15, 0.2) is 46.5 Å². The first kappa shape index (κ1) is 33.6. The predicted molar refractivity (Wildman–Crippen MR) is 106 cm³/mol. The first-order valence-corrected chi connectivity index (χ1v) is 9.99. The number of halogens is 10. The van der Waals surface area contributed by atoms with Crippen LogP contribution >= 0.6 is 0 Å². The topological polar surface area (TPSA) is 47.6 Å². The van der Waals surface area contributed by atoms with Crippen LogP contribution in [0, 0.1) is 80.8 Å². The van der Waals surface area contributed by atoms with Gasteiger partial charge in [-0.1, -0.05) is 10.5 Å². The molecule has 0 N–H and O–H groups in total. The molecule has 0 bridgehead atoms. The molecule has 4 unspecified atom stereocenters. The van der Waals surface area contributed by atoms with Crippen molar-refractivity contribution in [2.24, 2.45) is 0 Å². The van der Waals surface area contributed by atoms with Crippen molar-refractivity contribution < 1.29 is 60.4 Å². The summed E-state index contributed by atoms with van der Waals surface area (Å²) in [6, 6.07) is 2.82. The first-order chi connectivity index (χ1) is 15.6. The van der Waals surface area contributed by atoms with Crippen LogP contribution in [0.15, 0.2) is 0 Å². The quantitative estimate of drug-likeness (QED) is 0.160. The summed E-state index contributed by atoms with van der Waals surface area (Å²) in [5.41, 5.74) is -2.48. The van der Waals surface area contributed by atoms with E-state index in [4.69, 9.17) is 10.5 Å². The number of nitrogens with zero attached hydrogens (tertiary/aromatic N) is 2. The van der Waals surface area contributed by atoms with E-state index in [1.807, 2.05) is 0 Å². The Labute approximate surface area is 223 Å². The number of hydrogen-bond acceptors (Lipinski definition) is 6. The maximum Gasteiger partial charge on any atom is 0.200 e.